The molecule has 120 valence electrons. The van der Waals surface area contributed by atoms with Crippen LogP contribution in [0, 0.1) is 0 Å². The Morgan fingerprint density at radius 1 is 1.41 bits per heavy atom. The Kier molecular flexibility index (Phi) is 3.82. The van der Waals surface area contributed by atoms with Crippen LogP contribution in [0.3, 0.4) is 0 Å². The van der Waals surface area contributed by atoms with Gasteiger partial charge < -0.3 is 9.64 Å². The summed E-state index contributed by atoms with van der Waals surface area (Å²) in [6, 6.07) is 0.818. The normalized spacial score (nSPS) is 22.9. The summed E-state index contributed by atoms with van der Waals surface area (Å²) in [6.45, 7) is 5.53. The zero-order valence-electron chi connectivity index (χ0n) is 13.1. The quantitative estimate of drug-likeness (QED) is 0.851. The van der Waals surface area contributed by atoms with E-state index >= 15 is 0 Å². The first kappa shape index (κ1) is 14.5. The van der Waals surface area contributed by atoms with Crippen LogP contribution in [-0.2, 0) is 17.8 Å². The molecule has 1 aliphatic carbocycles. The second kappa shape index (κ2) is 5.81. The van der Waals surface area contributed by atoms with Gasteiger partial charge in [0.1, 0.15) is 6.10 Å². The Hall–Kier alpha value is -1.14. The summed E-state index contributed by atoms with van der Waals surface area (Å²) in [6.07, 6.45) is 5.86. The van der Waals surface area contributed by atoms with E-state index in [4.69, 9.17) is 4.74 Å². The molecule has 0 unspecified atom stereocenters. The Morgan fingerprint density at radius 2 is 2.23 bits per heavy atom. The third kappa shape index (κ3) is 2.63. The third-order valence-electron chi connectivity index (χ3n) is 5.10. The molecule has 1 aromatic heterocycles. The molecule has 4 rings (SSSR count). The number of hydrogen-bond acceptors (Lipinski definition) is 5. The summed E-state index contributed by atoms with van der Waals surface area (Å²) >= 11 is 1.63. The third-order valence-corrected chi connectivity index (χ3v) is 6.07. The first-order valence-electron chi connectivity index (χ1n) is 8.40. The molecule has 0 aromatic carbocycles. The standard InChI is InChI=1S/C16H23N3O2S/c1-2-15(20)18-7-6-13-14(10-18)22-16(17-13)21-12-8-19(9-12)11-4-3-5-11/h11-12H,2-10H2,1H3. The maximum Gasteiger partial charge on any atom is 0.274 e. The Morgan fingerprint density at radius 3 is 2.91 bits per heavy atom. The lowest BCUT2D eigenvalue weighted by Gasteiger charge is -2.47. The molecular weight excluding hydrogens is 298 g/mol. The fourth-order valence-electron chi connectivity index (χ4n) is 3.40. The number of carbonyl (C=O) groups is 1. The van der Waals surface area contributed by atoms with Crippen molar-refractivity contribution >= 4 is 17.2 Å². The second-order valence-electron chi connectivity index (χ2n) is 6.55. The van der Waals surface area contributed by atoms with E-state index in [9.17, 15) is 4.79 Å². The summed E-state index contributed by atoms with van der Waals surface area (Å²) in [5.41, 5.74) is 1.13. The molecular formula is C16H23N3O2S. The van der Waals surface area contributed by atoms with E-state index in [1.165, 1.54) is 24.1 Å². The minimum atomic E-state index is 0.233. The molecule has 5 nitrogen and oxygen atoms in total. The van der Waals surface area contributed by atoms with Crippen LogP contribution in [0.1, 0.15) is 43.2 Å². The molecule has 3 aliphatic rings. The highest BCUT2D eigenvalue weighted by Gasteiger charge is 2.37. The van der Waals surface area contributed by atoms with Gasteiger partial charge in [0.2, 0.25) is 5.91 Å². The molecule has 0 atom stereocenters. The van der Waals surface area contributed by atoms with Crippen LogP contribution < -0.4 is 4.74 Å². The van der Waals surface area contributed by atoms with Gasteiger partial charge in [-0.2, -0.15) is 0 Å². The number of aromatic nitrogens is 1. The van der Waals surface area contributed by atoms with E-state index < -0.39 is 0 Å². The van der Waals surface area contributed by atoms with Gasteiger partial charge >= 0.3 is 0 Å². The minimum Gasteiger partial charge on any atom is -0.464 e. The molecule has 0 radical (unpaired) electrons. The Balaban J connectivity index is 1.33. The van der Waals surface area contributed by atoms with Gasteiger partial charge in [0, 0.05) is 38.5 Å². The molecule has 2 aliphatic heterocycles. The number of likely N-dealkylation sites (tertiary alicyclic amines) is 1. The number of hydrogen-bond donors (Lipinski definition) is 0. The smallest absolute Gasteiger partial charge is 0.274 e. The van der Waals surface area contributed by atoms with Gasteiger partial charge in [0.15, 0.2) is 0 Å². The number of amides is 1. The predicted molar refractivity (Wildman–Crippen MR) is 85.2 cm³/mol. The topological polar surface area (TPSA) is 45.7 Å². The molecule has 0 bridgehead atoms. The molecule has 1 saturated carbocycles. The average molecular weight is 321 g/mol. The highest BCUT2D eigenvalue weighted by Crippen LogP contribution is 2.33. The van der Waals surface area contributed by atoms with Crippen molar-refractivity contribution in [2.24, 2.45) is 0 Å². The van der Waals surface area contributed by atoms with Gasteiger partial charge in [-0.15, -0.1) is 0 Å². The van der Waals surface area contributed by atoms with Crippen molar-refractivity contribution in [2.45, 2.75) is 57.7 Å². The summed E-state index contributed by atoms with van der Waals surface area (Å²) in [5, 5.41) is 0.800. The SMILES string of the molecule is CCC(=O)N1CCc2nc(OC3CN(C4CCC4)C3)sc2C1. The van der Waals surface area contributed by atoms with Gasteiger partial charge in [-0.1, -0.05) is 24.7 Å². The van der Waals surface area contributed by atoms with Crippen LogP contribution in [0.15, 0.2) is 0 Å². The highest BCUT2D eigenvalue weighted by atomic mass is 32.1. The maximum absolute atomic E-state index is 11.8. The largest absolute Gasteiger partial charge is 0.464 e. The van der Waals surface area contributed by atoms with Crippen LogP contribution in [0.2, 0.25) is 0 Å². The summed E-state index contributed by atoms with van der Waals surface area (Å²) < 4.78 is 6.04. The number of nitrogens with zero attached hydrogens (tertiary/aromatic N) is 3. The second-order valence-corrected chi connectivity index (χ2v) is 7.59. The first-order chi connectivity index (χ1) is 10.7. The van der Waals surface area contributed by atoms with E-state index in [0.29, 0.717) is 19.1 Å². The van der Waals surface area contributed by atoms with Gasteiger partial charge in [0.25, 0.3) is 5.19 Å². The fraction of sp³-hybridized carbons (Fsp3) is 0.750. The zero-order chi connectivity index (χ0) is 15.1. The van der Waals surface area contributed by atoms with Crippen LogP contribution >= 0.6 is 11.3 Å². The van der Waals surface area contributed by atoms with Gasteiger partial charge in [-0.3, -0.25) is 9.69 Å². The predicted octanol–water partition coefficient (Wildman–Crippen LogP) is 2.05. The Bertz CT molecular complexity index is 564. The number of thiazole rings is 1. The molecule has 1 saturated heterocycles. The molecule has 2 fully saturated rings. The van der Waals surface area contributed by atoms with Crippen molar-refractivity contribution in [1.82, 2.24) is 14.8 Å². The van der Waals surface area contributed by atoms with E-state index in [1.807, 2.05) is 11.8 Å². The number of rotatable bonds is 4. The van der Waals surface area contributed by atoms with E-state index in [-0.39, 0.29) is 5.91 Å². The van der Waals surface area contributed by atoms with Crippen LogP contribution in [0.25, 0.3) is 0 Å². The van der Waals surface area contributed by atoms with Gasteiger partial charge in [0.05, 0.1) is 17.1 Å². The van der Waals surface area contributed by atoms with E-state index in [2.05, 4.69) is 9.88 Å². The minimum absolute atomic E-state index is 0.233. The molecule has 22 heavy (non-hydrogen) atoms. The lowest BCUT2D eigenvalue weighted by atomic mass is 9.89. The van der Waals surface area contributed by atoms with Crippen molar-refractivity contribution in [1.29, 1.82) is 0 Å². The monoisotopic (exact) mass is 321 g/mol. The zero-order valence-corrected chi connectivity index (χ0v) is 13.9. The van der Waals surface area contributed by atoms with Gasteiger partial charge in [-0.25, -0.2) is 4.98 Å². The number of ether oxygens (including phenoxy) is 1. The van der Waals surface area contributed by atoms with E-state index in [0.717, 1.165) is 43.0 Å². The van der Waals surface area contributed by atoms with Crippen LogP contribution in [0.4, 0.5) is 0 Å². The molecule has 0 N–H and O–H groups in total. The lowest BCUT2D eigenvalue weighted by molar-refractivity contribution is -0.131. The van der Waals surface area contributed by atoms with Crippen LogP contribution in [-0.4, -0.2) is 52.5 Å². The summed E-state index contributed by atoms with van der Waals surface area (Å²) in [7, 11) is 0. The van der Waals surface area contributed by atoms with Crippen molar-refractivity contribution in [3.8, 4) is 5.19 Å². The summed E-state index contributed by atoms with van der Waals surface area (Å²) in [4.78, 5) is 22.1. The number of fused-ring (bicyclic) bond motifs is 1. The average Bonchev–Trinajstić information content (AvgIpc) is 2.83. The molecule has 0 spiro atoms. The molecule has 1 aromatic rings. The van der Waals surface area contributed by atoms with Crippen molar-refractivity contribution < 1.29 is 9.53 Å². The lowest BCUT2D eigenvalue weighted by Crippen LogP contribution is -2.59. The van der Waals surface area contributed by atoms with E-state index in [1.54, 1.807) is 11.3 Å². The van der Waals surface area contributed by atoms with Gasteiger partial charge in [-0.05, 0) is 12.8 Å². The summed E-state index contributed by atoms with van der Waals surface area (Å²) in [5.74, 6) is 0.233. The molecule has 3 heterocycles. The molecule has 1 amide bonds. The molecule has 6 heteroatoms. The van der Waals surface area contributed by atoms with Crippen molar-refractivity contribution in [3.05, 3.63) is 10.6 Å². The Labute approximate surface area is 135 Å². The van der Waals surface area contributed by atoms with Crippen molar-refractivity contribution in [2.75, 3.05) is 19.6 Å². The number of carbonyl (C=O) groups excluding carboxylic acids is 1. The van der Waals surface area contributed by atoms with Crippen molar-refractivity contribution in [3.63, 3.8) is 0 Å². The fourth-order valence-corrected chi connectivity index (χ4v) is 4.43. The maximum atomic E-state index is 11.8. The first-order valence-corrected chi connectivity index (χ1v) is 9.21. The van der Waals surface area contributed by atoms with Crippen LogP contribution in [0.5, 0.6) is 5.19 Å². The highest BCUT2D eigenvalue weighted by molar-refractivity contribution is 7.13.